The van der Waals surface area contributed by atoms with E-state index in [0.29, 0.717) is 6.04 Å². The normalized spacial score (nSPS) is 22.2. The highest BCUT2D eigenvalue weighted by Crippen LogP contribution is 2.23. The molecule has 1 aromatic heterocycles. The summed E-state index contributed by atoms with van der Waals surface area (Å²) in [5.74, 6) is -0.579. The van der Waals surface area contributed by atoms with E-state index in [2.05, 4.69) is 10.3 Å². The first-order chi connectivity index (χ1) is 6.77. The van der Waals surface area contributed by atoms with Crippen molar-refractivity contribution in [3.05, 3.63) is 23.8 Å². The molecule has 1 aliphatic heterocycles. The van der Waals surface area contributed by atoms with Gasteiger partial charge < -0.3 is 11.1 Å². The van der Waals surface area contributed by atoms with Crippen LogP contribution < -0.4 is 11.1 Å². The lowest BCUT2D eigenvalue weighted by Crippen LogP contribution is -2.27. The van der Waals surface area contributed by atoms with Gasteiger partial charge in [-0.1, -0.05) is 6.42 Å². The van der Waals surface area contributed by atoms with E-state index < -0.39 is 5.95 Å². The number of pyridine rings is 1. The third-order valence-corrected chi connectivity index (χ3v) is 2.60. The van der Waals surface area contributed by atoms with Gasteiger partial charge in [0, 0.05) is 12.2 Å². The molecule has 1 atom stereocenters. The molecule has 0 spiro atoms. The Balaban J connectivity index is 2.18. The van der Waals surface area contributed by atoms with Gasteiger partial charge in [-0.25, -0.2) is 4.98 Å². The van der Waals surface area contributed by atoms with Crippen molar-refractivity contribution in [2.75, 3.05) is 12.3 Å². The Labute approximate surface area is 82.5 Å². The van der Waals surface area contributed by atoms with Gasteiger partial charge in [0.1, 0.15) is 0 Å². The Hall–Kier alpha value is -1.16. The second-order valence-corrected chi connectivity index (χ2v) is 3.65. The molecule has 0 unspecified atom stereocenters. The number of anilines is 1. The lowest BCUT2D eigenvalue weighted by molar-refractivity contribution is 0.411. The summed E-state index contributed by atoms with van der Waals surface area (Å²) in [6.07, 6.45) is 5.05. The number of nitrogens with two attached hydrogens (primary N) is 1. The molecule has 2 heterocycles. The number of nitrogens with zero attached hydrogens (tertiary/aromatic N) is 1. The topological polar surface area (TPSA) is 50.9 Å². The first kappa shape index (κ1) is 9.40. The maximum atomic E-state index is 12.8. The number of hydrogen-bond donors (Lipinski definition) is 2. The quantitative estimate of drug-likeness (QED) is 0.669. The molecule has 0 bridgehead atoms. The van der Waals surface area contributed by atoms with Crippen LogP contribution in [0.3, 0.4) is 0 Å². The molecule has 0 amide bonds. The van der Waals surface area contributed by atoms with Crippen molar-refractivity contribution in [3.63, 3.8) is 0 Å². The van der Waals surface area contributed by atoms with Gasteiger partial charge in [-0.05, 0) is 31.0 Å². The molecule has 0 saturated carbocycles. The summed E-state index contributed by atoms with van der Waals surface area (Å²) in [4.78, 5) is 3.62. The van der Waals surface area contributed by atoms with Crippen LogP contribution in [0, 0.1) is 5.95 Å². The molecule has 76 valence electrons. The van der Waals surface area contributed by atoms with Gasteiger partial charge in [0.15, 0.2) is 0 Å². The van der Waals surface area contributed by atoms with E-state index in [1.54, 1.807) is 12.3 Å². The van der Waals surface area contributed by atoms with Gasteiger partial charge >= 0.3 is 0 Å². The predicted octanol–water partition coefficient (Wildman–Crippen LogP) is 1.62. The van der Waals surface area contributed by atoms with E-state index >= 15 is 0 Å². The molecule has 1 fully saturated rings. The number of halogens is 1. The van der Waals surface area contributed by atoms with Crippen LogP contribution in [0.15, 0.2) is 12.3 Å². The van der Waals surface area contributed by atoms with Crippen LogP contribution in [0.5, 0.6) is 0 Å². The Bertz CT molecular complexity index is 321. The van der Waals surface area contributed by atoms with Crippen molar-refractivity contribution in [1.29, 1.82) is 0 Å². The molecule has 1 aliphatic rings. The molecular formula is C10H14FN3. The smallest absolute Gasteiger partial charge is 0.236 e. The van der Waals surface area contributed by atoms with Crippen LogP contribution >= 0.6 is 0 Å². The molecule has 1 saturated heterocycles. The zero-order valence-corrected chi connectivity index (χ0v) is 7.96. The highest BCUT2D eigenvalue weighted by atomic mass is 19.1. The predicted molar refractivity (Wildman–Crippen MR) is 53.2 cm³/mol. The number of aromatic nitrogens is 1. The number of hydrogen-bond acceptors (Lipinski definition) is 3. The standard InChI is InChI=1S/C10H14FN3/c11-10-8(12)5-7(6-14-10)9-3-1-2-4-13-9/h5-6,9,13H,1-4,12H2/t9-/m1/s1. The minimum Gasteiger partial charge on any atom is -0.395 e. The largest absolute Gasteiger partial charge is 0.395 e. The molecule has 3 N–H and O–H groups in total. The zero-order valence-electron chi connectivity index (χ0n) is 7.96. The fourth-order valence-corrected chi connectivity index (χ4v) is 1.81. The average Bonchev–Trinajstić information content (AvgIpc) is 2.23. The Morgan fingerprint density at radius 3 is 3.00 bits per heavy atom. The number of rotatable bonds is 1. The third kappa shape index (κ3) is 1.85. The molecule has 3 nitrogen and oxygen atoms in total. The van der Waals surface area contributed by atoms with E-state index in [-0.39, 0.29) is 5.69 Å². The van der Waals surface area contributed by atoms with Gasteiger partial charge in [0.2, 0.25) is 5.95 Å². The first-order valence-electron chi connectivity index (χ1n) is 4.91. The van der Waals surface area contributed by atoms with E-state index in [4.69, 9.17) is 5.73 Å². The Kier molecular flexibility index (Phi) is 2.63. The van der Waals surface area contributed by atoms with Crippen molar-refractivity contribution in [2.24, 2.45) is 0 Å². The Morgan fingerprint density at radius 1 is 1.50 bits per heavy atom. The van der Waals surface area contributed by atoms with Gasteiger partial charge in [0.05, 0.1) is 5.69 Å². The number of nitrogen functional groups attached to an aromatic ring is 1. The molecule has 0 aromatic carbocycles. The van der Waals surface area contributed by atoms with Crippen molar-refractivity contribution in [1.82, 2.24) is 10.3 Å². The third-order valence-electron chi connectivity index (χ3n) is 2.60. The van der Waals surface area contributed by atoms with Gasteiger partial charge in [-0.15, -0.1) is 0 Å². The fourth-order valence-electron chi connectivity index (χ4n) is 1.81. The van der Waals surface area contributed by atoms with Gasteiger partial charge in [-0.3, -0.25) is 0 Å². The molecule has 0 radical (unpaired) electrons. The molecule has 1 aromatic rings. The van der Waals surface area contributed by atoms with Crippen molar-refractivity contribution in [3.8, 4) is 0 Å². The first-order valence-corrected chi connectivity index (χ1v) is 4.91. The summed E-state index contributed by atoms with van der Waals surface area (Å²) in [5.41, 5.74) is 6.59. The van der Waals surface area contributed by atoms with E-state index in [0.717, 1.165) is 18.5 Å². The summed E-state index contributed by atoms with van der Waals surface area (Å²) in [7, 11) is 0. The van der Waals surface area contributed by atoms with Crippen molar-refractivity contribution in [2.45, 2.75) is 25.3 Å². The average molecular weight is 195 g/mol. The molecule has 14 heavy (non-hydrogen) atoms. The lowest BCUT2D eigenvalue weighted by atomic mass is 9.99. The minimum atomic E-state index is -0.579. The molecule has 0 aliphatic carbocycles. The van der Waals surface area contributed by atoms with E-state index in [9.17, 15) is 4.39 Å². The number of piperidine rings is 1. The number of nitrogens with one attached hydrogen (secondary N) is 1. The van der Waals surface area contributed by atoms with E-state index in [1.807, 2.05) is 0 Å². The van der Waals surface area contributed by atoms with E-state index in [1.165, 1.54) is 12.8 Å². The maximum absolute atomic E-state index is 12.8. The second kappa shape index (κ2) is 3.92. The van der Waals surface area contributed by atoms with Crippen molar-refractivity contribution < 1.29 is 4.39 Å². The van der Waals surface area contributed by atoms with Crippen LogP contribution in [0.25, 0.3) is 0 Å². The maximum Gasteiger partial charge on any atom is 0.236 e. The second-order valence-electron chi connectivity index (χ2n) is 3.65. The highest BCUT2D eigenvalue weighted by molar-refractivity contribution is 5.39. The Morgan fingerprint density at radius 2 is 2.36 bits per heavy atom. The van der Waals surface area contributed by atoms with Crippen LogP contribution in [-0.4, -0.2) is 11.5 Å². The SMILES string of the molecule is Nc1cc([C@H]2CCCCN2)cnc1F. The monoisotopic (exact) mass is 195 g/mol. The molecule has 2 rings (SSSR count). The highest BCUT2D eigenvalue weighted by Gasteiger charge is 2.15. The molecular weight excluding hydrogens is 181 g/mol. The van der Waals surface area contributed by atoms with Gasteiger partial charge in [0.25, 0.3) is 0 Å². The minimum absolute atomic E-state index is 0.134. The lowest BCUT2D eigenvalue weighted by Gasteiger charge is -2.23. The molecule has 4 heteroatoms. The summed E-state index contributed by atoms with van der Waals surface area (Å²) in [6.45, 7) is 1.02. The van der Waals surface area contributed by atoms with Crippen LogP contribution in [0.2, 0.25) is 0 Å². The summed E-state index contributed by atoms with van der Waals surface area (Å²) < 4.78 is 12.8. The van der Waals surface area contributed by atoms with Gasteiger partial charge in [-0.2, -0.15) is 4.39 Å². The summed E-state index contributed by atoms with van der Waals surface area (Å²) in [5, 5.41) is 3.36. The van der Waals surface area contributed by atoms with Crippen LogP contribution in [-0.2, 0) is 0 Å². The fraction of sp³-hybridized carbons (Fsp3) is 0.500. The van der Waals surface area contributed by atoms with Crippen LogP contribution in [0.4, 0.5) is 10.1 Å². The summed E-state index contributed by atoms with van der Waals surface area (Å²) >= 11 is 0. The summed E-state index contributed by atoms with van der Waals surface area (Å²) in [6, 6.07) is 1.96. The zero-order chi connectivity index (χ0) is 9.97. The van der Waals surface area contributed by atoms with Crippen LogP contribution in [0.1, 0.15) is 30.9 Å². The van der Waals surface area contributed by atoms with Crippen molar-refractivity contribution >= 4 is 5.69 Å².